The summed E-state index contributed by atoms with van der Waals surface area (Å²) in [5, 5.41) is 13.7. The van der Waals surface area contributed by atoms with Gasteiger partial charge >= 0.3 is 0 Å². The third-order valence-electron chi connectivity index (χ3n) is 5.57. The fourth-order valence-electron chi connectivity index (χ4n) is 4.32. The van der Waals surface area contributed by atoms with Crippen molar-refractivity contribution < 1.29 is 13.5 Å². The van der Waals surface area contributed by atoms with Gasteiger partial charge in [-0.1, -0.05) is 26.0 Å². The van der Waals surface area contributed by atoms with Gasteiger partial charge in [-0.15, -0.1) is 0 Å². The number of fused-ring (bicyclic) bond motifs is 2. The van der Waals surface area contributed by atoms with Crippen LogP contribution in [0.25, 0.3) is 0 Å². The molecule has 1 aliphatic heterocycles. The summed E-state index contributed by atoms with van der Waals surface area (Å²) in [5.74, 6) is 1.14. The van der Waals surface area contributed by atoms with Crippen LogP contribution in [-0.2, 0) is 22.9 Å². The van der Waals surface area contributed by atoms with E-state index in [9.17, 15) is 13.5 Å². The maximum absolute atomic E-state index is 12.5. The normalized spacial score (nSPS) is 26.9. The Morgan fingerprint density at radius 2 is 2.00 bits per heavy atom. The maximum Gasteiger partial charge on any atom is 0.214 e. The molecular formula is C18H28N2O3S. The largest absolute Gasteiger partial charge is 0.508 e. The molecule has 6 heteroatoms. The predicted molar refractivity (Wildman–Crippen MR) is 95.6 cm³/mol. The summed E-state index contributed by atoms with van der Waals surface area (Å²) >= 11 is 0. The average Bonchev–Trinajstić information content (AvgIpc) is 2.54. The molecule has 0 radical (unpaired) electrons. The number of hydrogen-bond donors (Lipinski definition) is 2. The summed E-state index contributed by atoms with van der Waals surface area (Å²) in [5.41, 5.74) is 2.27. The van der Waals surface area contributed by atoms with Gasteiger partial charge in [-0.3, -0.25) is 0 Å². The lowest BCUT2D eigenvalue weighted by atomic mass is 9.74. The molecule has 0 spiro atoms. The van der Waals surface area contributed by atoms with E-state index in [1.807, 2.05) is 19.9 Å². The van der Waals surface area contributed by atoms with Crippen LogP contribution in [-0.4, -0.2) is 49.3 Å². The van der Waals surface area contributed by atoms with Gasteiger partial charge in [-0.2, -0.15) is 0 Å². The number of nitrogens with zero attached hydrogens (tertiary/aromatic N) is 1. The number of sulfonamides is 1. The zero-order valence-electron chi connectivity index (χ0n) is 14.5. The number of benzene rings is 1. The van der Waals surface area contributed by atoms with E-state index in [0.717, 1.165) is 31.4 Å². The number of aromatic hydroxyl groups is 1. The van der Waals surface area contributed by atoms with Crippen LogP contribution in [0.2, 0.25) is 0 Å². The zero-order valence-corrected chi connectivity index (χ0v) is 15.3. The highest BCUT2D eigenvalue weighted by atomic mass is 32.2. The Morgan fingerprint density at radius 1 is 1.25 bits per heavy atom. The second-order valence-corrected chi connectivity index (χ2v) is 9.08. The molecule has 3 atom stereocenters. The number of phenols is 1. The molecule has 0 amide bonds. The van der Waals surface area contributed by atoms with Crippen molar-refractivity contribution in [2.75, 3.05) is 25.4 Å². The van der Waals surface area contributed by atoms with E-state index in [-0.39, 0.29) is 11.7 Å². The molecule has 1 heterocycles. The Morgan fingerprint density at radius 3 is 2.71 bits per heavy atom. The molecule has 134 valence electrons. The molecule has 24 heavy (non-hydrogen) atoms. The first kappa shape index (κ1) is 17.7. The number of phenolic OH excluding ortho intramolecular Hbond substituents is 1. The van der Waals surface area contributed by atoms with E-state index in [2.05, 4.69) is 11.4 Å². The molecule has 1 saturated heterocycles. The number of nitrogens with one attached hydrogen (secondary N) is 1. The van der Waals surface area contributed by atoms with Gasteiger partial charge in [0.2, 0.25) is 10.0 Å². The van der Waals surface area contributed by atoms with E-state index >= 15 is 0 Å². The molecule has 0 bridgehead atoms. The highest BCUT2D eigenvalue weighted by Gasteiger charge is 2.37. The molecule has 0 saturated carbocycles. The zero-order chi connectivity index (χ0) is 17.3. The Bertz CT molecular complexity index is 686. The van der Waals surface area contributed by atoms with Crippen LogP contribution in [0.1, 0.15) is 31.4 Å². The van der Waals surface area contributed by atoms with E-state index in [1.54, 1.807) is 10.4 Å². The van der Waals surface area contributed by atoms with E-state index in [0.29, 0.717) is 30.8 Å². The summed E-state index contributed by atoms with van der Waals surface area (Å²) in [6.07, 6.45) is 2.66. The topological polar surface area (TPSA) is 69.6 Å². The lowest BCUT2D eigenvalue weighted by Gasteiger charge is -2.41. The standard InChI is InChI=1S/C18H28N2O3S/c1-3-20(4-2)24(22,23)12-13-8-15-9-16-14(6-5-7-18(16)21)10-17(15)19-11-13/h5-7,13,15,17,19,21H,3-4,8-12H2,1-2H3/t13-,15+,17+/m0/s1. The van der Waals surface area contributed by atoms with E-state index in [4.69, 9.17) is 0 Å². The highest BCUT2D eigenvalue weighted by Crippen LogP contribution is 2.36. The third kappa shape index (κ3) is 3.46. The molecule has 0 unspecified atom stereocenters. The van der Waals surface area contributed by atoms with Crippen molar-refractivity contribution >= 4 is 10.0 Å². The van der Waals surface area contributed by atoms with Gasteiger partial charge in [0.15, 0.2) is 0 Å². The summed E-state index contributed by atoms with van der Waals surface area (Å²) in [4.78, 5) is 0. The summed E-state index contributed by atoms with van der Waals surface area (Å²) in [6, 6.07) is 6.13. The van der Waals surface area contributed by atoms with Gasteiger partial charge in [0.25, 0.3) is 0 Å². The van der Waals surface area contributed by atoms with Crippen molar-refractivity contribution in [2.24, 2.45) is 11.8 Å². The first-order valence-electron chi connectivity index (χ1n) is 8.95. The van der Waals surface area contributed by atoms with Crippen LogP contribution in [0.4, 0.5) is 0 Å². The second-order valence-electron chi connectivity index (χ2n) is 7.06. The van der Waals surface area contributed by atoms with Crippen molar-refractivity contribution in [3.63, 3.8) is 0 Å². The SMILES string of the molecule is CCN(CC)S(=O)(=O)C[C@@H]1CN[C@@H]2Cc3cccc(O)c3C[C@H]2C1. The minimum atomic E-state index is -3.18. The number of hydrogen-bond acceptors (Lipinski definition) is 4. The average molecular weight is 353 g/mol. The number of piperidine rings is 1. The Labute approximate surface area is 145 Å². The summed E-state index contributed by atoms with van der Waals surface area (Å²) in [6.45, 7) is 5.60. The predicted octanol–water partition coefficient (Wildman–Crippen LogP) is 1.76. The first-order chi connectivity index (χ1) is 11.4. The molecular weight excluding hydrogens is 324 g/mol. The Balaban J connectivity index is 1.70. The van der Waals surface area contributed by atoms with E-state index < -0.39 is 10.0 Å². The molecule has 2 N–H and O–H groups in total. The molecule has 2 aliphatic rings. The van der Waals surface area contributed by atoms with Crippen LogP contribution < -0.4 is 5.32 Å². The highest BCUT2D eigenvalue weighted by molar-refractivity contribution is 7.89. The van der Waals surface area contributed by atoms with Gasteiger partial charge in [0.05, 0.1) is 5.75 Å². The molecule has 3 rings (SSSR count). The first-order valence-corrected chi connectivity index (χ1v) is 10.6. The van der Waals surface area contributed by atoms with Crippen LogP contribution in [0.15, 0.2) is 18.2 Å². The molecule has 5 nitrogen and oxygen atoms in total. The van der Waals surface area contributed by atoms with Gasteiger partial charge in [-0.25, -0.2) is 12.7 Å². The molecule has 1 fully saturated rings. The van der Waals surface area contributed by atoms with Crippen molar-refractivity contribution in [1.82, 2.24) is 9.62 Å². The quantitative estimate of drug-likeness (QED) is 0.847. The Kier molecular flexibility index (Phi) is 5.18. The fourth-order valence-corrected chi connectivity index (χ4v) is 6.17. The maximum atomic E-state index is 12.5. The molecule has 0 aromatic heterocycles. The molecule has 1 aromatic carbocycles. The monoisotopic (exact) mass is 352 g/mol. The summed E-state index contributed by atoms with van der Waals surface area (Å²) < 4.78 is 26.6. The van der Waals surface area contributed by atoms with Gasteiger partial charge in [0, 0.05) is 19.1 Å². The minimum absolute atomic E-state index is 0.143. The van der Waals surface area contributed by atoms with Crippen LogP contribution in [0, 0.1) is 11.8 Å². The Hall–Kier alpha value is -1.11. The third-order valence-corrected chi connectivity index (χ3v) is 7.77. The van der Waals surface area contributed by atoms with Crippen LogP contribution >= 0.6 is 0 Å². The van der Waals surface area contributed by atoms with E-state index in [1.165, 1.54) is 5.56 Å². The van der Waals surface area contributed by atoms with Crippen molar-refractivity contribution in [1.29, 1.82) is 0 Å². The summed E-state index contributed by atoms with van der Waals surface area (Å²) in [7, 11) is -3.18. The molecule has 1 aromatic rings. The van der Waals surface area contributed by atoms with Gasteiger partial charge < -0.3 is 10.4 Å². The smallest absolute Gasteiger partial charge is 0.214 e. The fraction of sp³-hybridized carbons (Fsp3) is 0.667. The lowest BCUT2D eigenvalue weighted by Crippen LogP contribution is -2.51. The van der Waals surface area contributed by atoms with Crippen molar-refractivity contribution in [3.8, 4) is 5.75 Å². The van der Waals surface area contributed by atoms with Gasteiger partial charge in [-0.05, 0) is 54.8 Å². The number of rotatable bonds is 5. The van der Waals surface area contributed by atoms with Crippen molar-refractivity contribution in [3.05, 3.63) is 29.3 Å². The van der Waals surface area contributed by atoms with Crippen LogP contribution in [0.3, 0.4) is 0 Å². The molecule has 1 aliphatic carbocycles. The van der Waals surface area contributed by atoms with Gasteiger partial charge in [0.1, 0.15) is 5.75 Å². The van der Waals surface area contributed by atoms with Crippen molar-refractivity contribution in [2.45, 2.75) is 39.2 Å². The second kappa shape index (κ2) is 7.02. The van der Waals surface area contributed by atoms with Crippen LogP contribution in [0.5, 0.6) is 5.75 Å². The minimum Gasteiger partial charge on any atom is -0.508 e. The lowest BCUT2D eigenvalue weighted by molar-refractivity contribution is 0.213.